The number of quaternary nitrogens is 1. The van der Waals surface area contributed by atoms with Crippen molar-refractivity contribution in [3.05, 3.63) is 77.4 Å². The van der Waals surface area contributed by atoms with Crippen LogP contribution in [0.15, 0.2) is 66.2 Å². The second-order valence-corrected chi connectivity index (χ2v) is 7.08. The Hall–Kier alpha value is -2.92. The minimum Gasteiger partial charge on any atom is -0.507 e. The summed E-state index contributed by atoms with van der Waals surface area (Å²) in [4.78, 5) is 28.4. The van der Waals surface area contributed by atoms with Gasteiger partial charge in [-0.1, -0.05) is 60.7 Å². The van der Waals surface area contributed by atoms with E-state index in [1.54, 1.807) is 29.2 Å². The molecule has 1 saturated heterocycles. The van der Waals surface area contributed by atoms with Gasteiger partial charge in [-0.25, -0.2) is 0 Å². The van der Waals surface area contributed by atoms with Gasteiger partial charge in [-0.2, -0.15) is 0 Å². The Bertz CT molecular complexity index is 844. The number of likely N-dealkylation sites (tertiary alicyclic amines) is 1. The van der Waals surface area contributed by atoms with Crippen molar-refractivity contribution in [1.82, 2.24) is 4.90 Å². The van der Waals surface area contributed by atoms with Crippen LogP contribution in [-0.2, 0) is 9.59 Å². The molecule has 0 aliphatic carbocycles. The molecule has 1 aliphatic rings. The molecular weight excluding hydrogens is 340 g/mol. The van der Waals surface area contributed by atoms with Crippen LogP contribution in [0.3, 0.4) is 0 Å². The molecule has 3 rings (SSSR count). The van der Waals surface area contributed by atoms with Crippen LogP contribution in [0.2, 0.25) is 0 Å². The average molecular weight is 365 g/mol. The van der Waals surface area contributed by atoms with Gasteiger partial charge in [-0.3, -0.25) is 9.59 Å². The van der Waals surface area contributed by atoms with Gasteiger partial charge in [0.1, 0.15) is 5.76 Å². The maximum atomic E-state index is 12.8. The summed E-state index contributed by atoms with van der Waals surface area (Å²) in [5.41, 5.74) is 1.52. The van der Waals surface area contributed by atoms with Crippen LogP contribution in [0.5, 0.6) is 0 Å². The van der Waals surface area contributed by atoms with Crippen LogP contribution in [0.25, 0.3) is 5.76 Å². The maximum Gasteiger partial charge on any atom is 0.295 e. The molecule has 1 atom stereocenters. The maximum absolute atomic E-state index is 12.8. The number of benzene rings is 2. The van der Waals surface area contributed by atoms with E-state index in [2.05, 4.69) is 14.1 Å². The summed E-state index contributed by atoms with van der Waals surface area (Å²) in [6.07, 6.45) is 0.782. The molecule has 1 amide bonds. The van der Waals surface area contributed by atoms with E-state index in [9.17, 15) is 14.7 Å². The van der Waals surface area contributed by atoms with Crippen molar-refractivity contribution in [2.75, 3.05) is 27.2 Å². The van der Waals surface area contributed by atoms with Gasteiger partial charge in [0.15, 0.2) is 0 Å². The molecule has 0 aromatic heterocycles. The molecule has 1 fully saturated rings. The molecular formula is C22H25N2O3+. The van der Waals surface area contributed by atoms with E-state index in [0.717, 1.165) is 18.5 Å². The molecule has 0 unspecified atom stereocenters. The van der Waals surface area contributed by atoms with Crippen LogP contribution in [0, 0.1) is 0 Å². The van der Waals surface area contributed by atoms with Crippen molar-refractivity contribution in [3.63, 3.8) is 0 Å². The summed E-state index contributed by atoms with van der Waals surface area (Å²) in [5, 5.41) is 10.8. The molecule has 2 N–H and O–H groups in total. The Balaban J connectivity index is 2.05. The van der Waals surface area contributed by atoms with Gasteiger partial charge < -0.3 is 14.9 Å². The molecule has 0 spiro atoms. The summed E-state index contributed by atoms with van der Waals surface area (Å²) < 4.78 is 0. The first-order valence-electron chi connectivity index (χ1n) is 9.18. The Labute approximate surface area is 159 Å². The fourth-order valence-corrected chi connectivity index (χ4v) is 3.45. The molecule has 0 radical (unpaired) electrons. The minimum absolute atomic E-state index is 0.122. The van der Waals surface area contributed by atoms with Gasteiger partial charge in [0, 0.05) is 18.5 Å². The van der Waals surface area contributed by atoms with Crippen molar-refractivity contribution in [3.8, 4) is 0 Å². The van der Waals surface area contributed by atoms with E-state index < -0.39 is 17.7 Å². The van der Waals surface area contributed by atoms with E-state index in [1.165, 1.54) is 4.90 Å². The molecule has 5 nitrogen and oxygen atoms in total. The van der Waals surface area contributed by atoms with Crippen LogP contribution in [0.1, 0.15) is 23.6 Å². The van der Waals surface area contributed by atoms with E-state index in [-0.39, 0.29) is 11.3 Å². The number of carbonyl (C=O) groups is 2. The molecule has 0 saturated carbocycles. The summed E-state index contributed by atoms with van der Waals surface area (Å²) in [7, 11) is 4.11. The van der Waals surface area contributed by atoms with E-state index >= 15 is 0 Å². The zero-order valence-electron chi connectivity index (χ0n) is 15.7. The third-order valence-corrected chi connectivity index (χ3v) is 4.78. The number of hydrogen-bond donors (Lipinski definition) is 2. The lowest BCUT2D eigenvalue weighted by Gasteiger charge is -2.25. The van der Waals surface area contributed by atoms with Gasteiger partial charge >= 0.3 is 0 Å². The third-order valence-electron chi connectivity index (χ3n) is 4.78. The summed E-state index contributed by atoms with van der Waals surface area (Å²) >= 11 is 0. The summed E-state index contributed by atoms with van der Waals surface area (Å²) in [6, 6.07) is 17.8. The number of aliphatic hydroxyl groups excluding tert-OH is 1. The third kappa shape index (κ3) is 3.93. The van der Waals surface area contributed by atoms with Gasteiger partial charge in [0.25, 0.3) is 11.7 Å². The van der Waals surface area contributed by atoms with Crippen molar-refractivity contribution in [2.45, 2.75) is 12.5 Å². The largest absolute Gasteiger partial charge is 0.507 e. The lowest BCUT2D eigenvalue weighted by molar-refractivity contribution is -0.858. The standard InChI is InChI=1S/C22H24N2O3/c1-23(2)14-9-15-24-19(16-10-5-3-6-11-16)18(21(26)22(24)27)20(25)17-12-7-4-8-13-17/h3-8,10-13,19,25H,9,14-15H2,1-2H3/p+1/t19-/m0/s1. The minimum atomic E-state index is -0.623. The number of rotatable bonds is 6. The topological polar surface area (TPSA) is 62.0 Å². The smallest absolute Gasteiger partial charge is 0.295 e. The Kier molecular flexibility index (Phi) is 5.72. The number of amides is 1. The predicted octanol–water partition coefficient (Wildman–Crippen LogP) is 1.64. The number of ketones is 1. The van der Waals surface area contributed by atoms with Crippen LogP contribution < -0.4 is 4.90 Å². The highest BCUT2D eigenvalue weighted by molar-refractivity contribution is 6.46. The van der Waals surface area contributed by atoms with Gasteiger partial charge in [0.05, 0.1) is 32.3 Å². The molecule has 0 bridgehead atoms. The van der Waals surface area contributed by atoms with E-state index in [1.807, 2.05) is 36.4 Å². The van der Waals surface area contributed by atoms with Crippen LogP contribution in [-0.4, -0.2) is 48.9 Å². The Morgan fingerprint density at radius 2 is 1.59 bits per heavy atom. The zero-order valence-corrected chi connectivity index (χ0v) is 15.7. The summed E-state index contributed by atoms with van der Waals surface area (Å²) in [5.74, 6) is -1.29. The number of aliphatic hydroxyl groups is 1. The first-order chi connectivity index (χ1) is 13.0. The molecule has 140 valence electrons. The first-order valence-corrected chi connectivity index (χ1v) is 9.18. The Morgan fingerprint density at radius 1 is 1.00 bits per heavy atom. The van der Waals surface area contributed by atoms with Crippen LogP contribution in [0.4, 0.5) is 0 Å². The van der Waals surface area contributed by atoms with Gasteiger partial charge in [-0.05, 0) is 5.56 Å². The van der Waals surface area contributed by atoms with Crippen LogP contribution >= 0.6 is 0 Å². The quantitative estimate of drug-likeness (QED) is 0.465. The number of nitrogens with zero attached hydrogens (tertiary/aromatic N) is 1. The molecule has 27 heavy (non-hydrogen) atoms. The molecule has 1 heterocycles. The lowest BCUT2D eigenvalue weighted by atomic mass is 9.95. The molecule has 2 aromatic carbocycles. The van der Waals surface area contributed by atoms with Crippen molar-refractivity contribution < 1.29 is 19.6 Å². The van der Waals surface area contributed by atoms with Crippen molar-refractivity contribution >= 4 is 17.4 Å². The highest BCUT2D eigenvalue weighted by Gasteiger charge is 2.45. The number of hydrogen-bond acceptors (Lipinski definition) is 3. The van der Waals surface area contributed by atoms with Gasteiger partial charge in [0.2, 0.25) is 0 Å². The average Bonchev–Trinajstić information content (AvgIpc) is 2.93. The lowest BCUT2D eigenvalue weighted by Crippen LogP contribution is -3.05. The predicted molar refractivity (Wildman–Crippen MR) is 104 cm³/mol. The van der Waals surface area contributed by atoms with Gasteiger partial charge in [-0.15, -0.1) is 0 Å². The summed E-state index contributed by atoms with van der Waals surface area (Å²) in [6.45, 7) is 1.37. The Morgan fingerprint density at radius 3 is 2.19 bits per heavy atom. The van der Waals surface area contributed by atoms with Crippen molar-refractivity contribution in [2.24, 2.45) is 0 Å². The van der Waals surface area contributed by atoms with E-state index in [0.29, 0.717) is 12.1 Å². The number of carbonyl (C=O) groups excluding carboxylic acids is 2. The monoisotopic (exact) mass is 365 g/mol. The second kappa shape index (κ2) is 8.18. The molecule has 5 heteroatoms. The number of nitrogens with one attached hydrogen (secondary N) is 1. The molecule has 1 aliphatic heterocycles. The first kappa shape index (κ1) is 18.9. The van der Waals surface area contributed by atoms with Crippen molar-refractivity contribution in [1.29, 1.82) is 0 Å². The van der Waals surface area contributed by atoms with E-state index in [4.69, 9.17) is 0 Å². The normalized spacial score (nSPS) is 19.1. The number of Topliss-reactive ketones (excluding diaryl/α,β-unsaturated/α-hetero) is 1. The SMILES string of the molecule is C[NH+](C)CCCN1C(=O)C(=O)C(=C(O)c2ccccc2)[C@@H]1c1ccccc1. The fraction of sp³-hybridized carbons (Fsp3) is 0.273. The fourth-order valence-electron chi connectivity index (χ4n) is 3.45. The molecule has 2 aromatic rings. The zero-order chi connectivity index (χ0) is 19.4. The second-order valence-electron chi connectivity index (χ2n) is 7.08. The highest BCUT2D eigenvalue weighted by atomic mass is 16.3. The highest BCUT2D eigenvalue weighted by Crippen LogP contribution is 2.39.